The van der Waals surface area contributed by atoms with Gasteiger partial charge in [0.05, 0.1) is 10.2 Å². The van der Waals surface area contributed by atoms with E-state index in [0.29, 0.717) is 16.3 Å². The van der Waals surface area contributed by atoms with Crippen LogP contribution in [0.4, 0.5) is 0 Å². The van der Waals surface area contributed by atoms with Gasteiger partial charge in [0.25, 0.3) is 5.91 Å². The fraction of sp³-hybridized carbons (Fsp3) is 0.300. The van der Waals surface area contributed by atoms with E-state index in [2.05, 4.69) is 31.0 Å². The minimum Gasteiger partial charge on any atom is -0.482 e. The molecule has 0 N–H and O–H groups in total. The van der Waals surface area contributed by atoms with Gasteiger partial charge in [0, 0.05) is 7.05 Å². The Morgan fingerprint density at radius 2 is 1.77 bits per heavy atom. The minimum atomic E-state index is -0.751. The molecule has 0 radical (unpaired) electrons. The molecule has 2 atom stereocenters. The molecule has 0 spiro atoms. The van der Waals surface area contributed by atoms with Crippen LogP contribution in [0.2, 0.25) is 0 Å². The highest BCUT2D eigenvalue weighted by atomic mass is 32.1. The molecule has 0 saturated carbocycles. The van der Waals surface area contributed by atoms with Gasteiger partial charge in [0.1, 0.15) is 6.10 Å². The third kappa shape index (κ3) is 2.80. The van der Waals surface area contributed by atoms with Crippen LogP contribution in [-0.4, -0.2) is 22.7 Å². The molecule has 2 heterocycles. The van der Waals surface area contributed by atoms with Crippen molar-refractivity contribution in [2.24, 2.45) is 12.0 Å². The predicted octanol–water partition coefficient (Wildman–Crippen LogP) is 3.51. The van der Waals surface area contributed by atoms with Crippen LogP contribution < -0.4 is 14.3 Å². The van der Waals surface area contributed by atoms with Crippen molar-refractivity contribution in [2.45, 2.75) is 33.0 Å². The molecule has 6 heteroatoms. The molecular weight excluding hydrogens is 348 g/mol. The average Bonchev–Trinajstić information content (AvgIpc) is 2.90. The van der Waals surface area contributed by atoms with Gasteiger partial charge in [0.15, 0.2) is 16.3 Å². The molecule has 3 aromatic rings. The number of nitrogens with zero attached hydrogens (tertiary/aromatic N) is 2. The molecule has 0 saturated heterocycles. The number of aryl methyl sites for hydroxylation is 3. The number of amides is 1. The molecule has 2 unspecified atom stereocenters. The van der Waals surface area contributed by atoms with E-state index in [1.54, 1.807) is 6.07 Å². The van der Waals surface area contributed by atoms with E-state index in [9.17, 15) is 4.79 Å². The Kier molecular flexibility index (Phi) is 4.07. The van der Waals surface area contributed by atoms with Crippen molar-refractivity contribution in [3.05, 3.63) is 52.3 Å². The number of hydrogen-bond donors (Lipinski definition) is 0. The second-order valence-corrected chi connectivity index (χ2v) is 7.62. The molecular formula is C20H20N2O3S. The summed E-state index contributed by atoms with van der Waals surface area (Å²) in [7, 11) is 1.93. The summed E-state index contributed by atoms with van der Waals surface area (Å²) in [6.45, 7) is 6.00. The Bertz CT molecular complexity index is 1080. The molecule has 1 amide bonds. The minimum absolute atomic E-state index is 0.331. The molecule has 5 nitrogen and oxygen atoms in total. The topological polar surface area (TPSA) is 52.8 Å². The van der Waals surface area contributed by atoms with E-state index in [1.807, 2.05) is 36.7 Å². The van der Waals surface area contributed by atoms with Crippen molar-refractivity contribution in [3.8, 4) is 11.5 Å². The Morgan fingerprint density at radius 3 is 2.50 bits per heavy atom. The molecule has 1 aromatic heterocycles. The van der Waals surface area contributed by atoms with E-state index in [4.69, 9.17) is 9.47 Å². The zero-order valence-corrected chi connectivity index (χ0v) is 16.0. The van der Waals surface area contributed by atoms with Gasteiger partial charge in [-0.25, -0.2) is 0 Å². The normalized spacial score (nSPS) is 19.8. The van der Waals surface area contributed by atoms with Crippen molar-refractivity contribution in [1.82, 2.24) is 4.57 Å². The summed E-state index contributed by atoms with van der Waals surface area (Å²) < 4.78 is 14.7. The molecule has 2 aromatic carbocycles. The number of benzene rings is 2. The van der Waals surface area contributed by atoms with Crippen LogP contribution >= 0.6 is 11.3 Å². The lowest BCUT2D eigenvalue weighted by molar-refractivity contribution is -0.130. The number of fused-ring (bicyclic) bond motifs is 2. The maximum atomic E-state index is 12.8. The number of carbonyl (C=O) groups is 1. The predicted molar refractivity (Wildman–Crippen MR) is 102 cm³/mol. The number of aromatic nitrogens is 1. The number of rotatable bonds is 1. The molecule has 134 valence electrons. The molecule has 1 aliphatic heterocycles. The van der Waals surface area contributed by atoms with Gasteiger partial charge < -0.3 is 14.0 Å². The van der Waals surface area contributed by atoms with E-state index >= 15 is 0 Å². The number of ether oxygens (including phenoxy) is 2. The van der Waals surface area contributed by atoms with Crippen LogP contribution in [0.5, 0.6) is 11.5 Å². The van der Waals surface area contributed by atoms with E-state index in [-0.39, 0.29) is 5.91 Å². The summed E-state index contributed by atoms with van der Waals surface area (Å²) >= 11 is 1.51. The Morgan fingerprint density at radius 1 is 1.12 bits per heavy atom. The standard InChI is InChI=1S/C20H20N2O3S/c1-11-9-14-17(10-12(11)2)26-20(22(14)4)21-19(23)18-13(3)24-15-7-5-6-8-16(15)25-18/h5-10,13,18H,1-4H3. The van der Waals surface area contributed by atoms with Gasteiger partial charge in [-0.05, 0) is 56.2 Å². The molecule has 4 rings (SSSR count). The lowest BCUT2D eigenvalue weighted by atomic mass is 10.1. The van der Waals surface area contributed by atoms with E-state index in [1.165, 1.54) is 22.5 Å². The van der Waals surface area contributed by atoms with Crippen molar-refractivity contribution in [3.63, 3.8) is 0 Å². The highest BCUT2D eigenvalue weighted by Crippen LogP contribution is 2.33. The Labute approximate surface area is 155 Å². The largest absolute Gasteiger partial charge is 0.482 e. The second-order valence-electron chi connectivity index (χ2n) is 6.61. The lowest BCUT2D eigenvalue weighted by Crippen LogP contribution is -2.43. The lowest BCUT2D eigenvalue weighted by Gasteiger charge is -2.29. The van der Waals surface area contributed by atoms with Gasteiger partial charge in [-0.3, -0.25) is 4.79 Å². The highest BCUT2D eigenvalue weighted by molar-refractivity contribution is 7.16. The molecule has 26 heavy (non-hydrogen) atoms. The molecule has 0 bridgehead atoms. The van der Waals surface area contributed by atoms with Crippen LogP contribution in [0, 0.1) is 13.8 Å². The third-order valence-electron chi connectivity index (χ3n) is 4.72. The highest BCUT2D eigenvalue weighted by Gasteiger charge is 2.34. The van der Waals surface area contributed by atoms with Gasteiger partial charge in [-0.1, -0.05) is 23.5 Å². The zero-order valence-electron chi connectivity index (χ0n) is 15.1. The first-order chi connectivity index (χ1) is 12.4. The fourth-order valence-electron chi connectivity index (χ4n) is 3.03. The summed E-state index contributed by atoms with van der Waals surface area (Å²) in [6.07, 6.45) is -1.15. The second kappa shape index (κ2) is 6.29. The number of thiazole rings is 1. The zero-order chi connectivity index (χ0) is 18.4. The molecule has 0 aliphatic carbocycles. The van der Waals surface area contributed by atoms with Gasteiger partial charge in [-0.15, -0.1) is 0 Å². The first-order valence-corrected chi connectivity index (χ1v) is 9.33. The molecule has 1 aliphatic rings. The first-order valence-electron chi connectivity index (χ1n) is 8.52. The number of hydrogen-bond acceptors (Lipinski definition) is 4. The summed E-state index contributed by atoms with van der Waals surface area (Å²) in [6, 6.07) is 11.6. The average molecular weight is 368 g/mol. The fourth-order valence-corrected chi connectivity index (χ4v) is 4.14. The molecule has 0 fully saturated rings. The van der Waals surface area contributed by atoms with Gasteiger partial charge in [-0.2, -0.15) is 4.99 Å². The van der Waals surface area contributed by atoms with E-state index in [0.717, 1.165) is 10.2 Å². The summed E-state index contributed by atoms with van der Waals surface area (Å²) in [5, 5.41) is 0. The summed E-state index contributed by atoms with van der Waals surface area (Å²) in [5.41, 5.74) is 3.52. The Balaban J connectivity index is 1.71. The smallest absolute Gasteiger partial charge is 0.293 e. The van der Waals surface area contributed by atoms with Gasteiger partial charge >= 0.3 is 0 Å². The first kappa shape index (κ1) is 16.8. The monoisotopic (exact) mass is 368 g/mol. The summed E-state index contributed by atoms with van der Waals surface area (Å²) in [4.78, 5) is 17.8. The van der Waals surface area contributed by atoms with Crippen molar-refractivity contribution in [2.75, 3.05) is 0 Å². The van der Waals surface area contributed by atoms with Crippen LogP contribution in [0.1, 0.15) is 18.1 Å². The third-order valence-corrected chi connectivity index (χ3v) is 5.81. The van der Waals surface area contributed by atoms with E-state index < -0.39 is 12.2 Å². The van der Waals surface area contributed by atoms with Crippen LogP contribution in [-0.2, 0) is 11.8 Å². The SMILES string of the molecule is Cc1cc2sc(=NC(=O)C3Oc4ccccc4OC3C)n(C)c2cc1C. The van der Waals surface area contributed by atoms with Crippen LogP contribution in [0.3, 0.4) is 0 Å². The summed E-state index contributed by atoms with van der Waals surface area (Å²) in [5.74, 6) is 0.899. The number of carbonyl (C=O) groups excluding carboxylic acids is 1. The Hall–Kier alpha value is -2.60. The quantitative estimate of drug-likeness (QED) is 0.660. The van der Waals surface area contributed by atoms with Gasteiger partial charge in [0.2, 0.25) is 6.10 Å². The number of para-hydroxylation sites is 2. The maximum Gasteiger partial charge on any atom is 0.293 e. The van der Waals surface area contributed by atoms with Crippen molar-refractivity contribution in [1.29, 1.82) is 0 Å². The van der Waals surface area contributed by atoms with Crippen molar-refractivity contribution >= 4 is 27.5 Å². The van der Waals surface area contributed by atoms with Crippen LogP contribution in [0.15, 0.2) is 41.4 Å². The van der Waals surface area contributed by atoms with Crippen LogP contribution in [0.25, 0.3) is 10.2 Å². The maximum absolute atomic E-state index is 12.8. The van der Waals surface area contributed by atoms with Crippen molar-refractivity contribution < 1.29 is 14.3 Å².